The van der Waals surface area contributed by atoms with Gasteiger partial charge in [0, 0.05) is 22.3 Å². The van der Waals surface area contributed by atoms with E-state index in [1.807, 2.05) is 0 Å². The van der Waals surface area contributed by atoms with Crippen LogP contribution in [0.2, 0.25) is 0 Å². The Morgan fingerprint density at radius 1 is 0.316 bits per heavy atom. The first-order chi connectivity index (χ1) is 18.1. The van der Waals surface area contributed by atoms with Gasteiger partial charge >= 0.3 is 0 Å². The first kappa shape index (κ1) is 22.8. The van der Waals surface area contributed by atoms with Crippen LogP contribution in [0, 0.1) is 0 Å². The summed E-state index contributed by atoms with van der Waals surface area (Å²) in [7, 11) is 0. The molecule has 0 heterocycles. The summed E-state index contributed by atoms with van der Waals surface area (Å²) in [4.78, 5) is 52.6. The lowest BCUT2D eigenvalue weighted by molar-refractivity contribution is 0.0973. The van der Waals surface area contributed by atoms with Gasteiger partial charge in [0.05, 0.1) is 33.4 Å². The second kappa shape index (κ2) is 7.43. The van der Waals surface area contributed by atoms with Crippen LogP contribution in [-0.2, 0) is 0 Å². The molecule has 0 bridgehead atoms. The summed E-state index contributed by atoms with van der Waals surface area (Å²) in [6.07, 6.45) is 0. The highest BCUT2D eigenvalue weighted by Gasteiger charge is 2.42. The van der Waals surface area contributed by atoms with Gasteiger partial charge in [-0.2, -0.15) is 0 Å². The second-order valence-electron chi connectivity index (χ2n) is 8.75. The Bertz CT molecular complexity index is 1710. The number of carbonyl (C=O) groups excluding carboxylic acids is 4. The smallest absolute Gasteiger partial charge is 0.198 e. The number of carbonyl (C=O) groups is 4. The molecule has 0 radical (unpaired) electrons. The molecule has 38 heavy (non-hydrogen) atoms. The van der Waals surface area contributed by atoms with Crippen LogP contribution in [-0.4, -0.2) is 53.8 Å². The van der Waals surface area contributed by atoms with Crippen molar-refractivity contribution in [1.82, 2.24) is 0 Å². The standard InChI is InChI=1S/C28H14O10/c29-19-9-5-1-3-7-11(9)21(31)15-13(19)23(33)17(27(37)25(15)35)18-24(34)14-16(26(36)28(18)38)22(32)12-8-4-2-6-10(12)20(14)30/h1-8,33-38H. The Morgan fingerprint density at radius 3 is 0.789 bits per heavy atom. The Balaban J connectivity index is 1.70. The zero-order chi connectivity index (χ0) is 27.2. The van der Waals surface area contributed by atoms with E-state index in [1.165, 1.54) is 48.5 Å². The fourth-order valence-corrected chi connectivity index (χ4v) is 5.08. The van der Waals surface area contributed by atoms with Gasteiger partial charge in [0.2, 0.25) is 0 Å². The van der Waals surface area contributed by atoms with Crippen molar-refractivity contribution in [2.24, 2.45) is 0 Å². The fourth-order valence-electron chi connectivity index (χ4n) is 5.08. The molecule has 2 aliphatic carbocycles. The van der Waals surface area contributed by atoms with E-state index in [-0.39, 0.29) is 22.3 Å². The van der Waals surface area contributed by atoms with Gasteiger partial charge < -0.3 is 30.6 Å². The maximum Gasteiger partial charge on any atom is 0.198 e. The molecule has 0 saturated carbocycles. The van der Waals surface area contributed by atoms with Crippen LogP contribution < -0.4 is 0 Å². The maximum atomic E-state index is 13.2. The molecule has 0 spiro atoms. The van der Waals surface area contributed by atoms with Gasteiger partial charge in [-0.15, -0.1) is 0 Å². The number of phenolic OH excluding ortho intramolecular Hbond substituents is 6. The zero-order valence-corrected chi connectivity index (χ0v) is 18.9. The van der Waals surface area contributed by atoms with Crippen molar-refractivity contribution >= 4 is 23.1 Å². The molecule has 0 unspecified atom stereocenters. The van der Waals surface area contributed by atoms with Gasteiger partial charge in [-0.1, -0.05) is 48.5 Å². The molecule has 0 aliphatic heterocycles. The van der Waals surface area contributed by atoms with Crippen molar-refractivity contribution in [2.45, 2.75) is 0 Å². The molecule has 0 fully saturated rings. The van der Waals surface area contributed by atoms with Gasteiger partial charge in [-0.25, -0.2) is 0 Å². The third-order valence-electron chi connectivity index (χ3n) is 6.83. The van der Waals surface area contributed by atoms with Gasteiger partial charge in [-0.3, -0.25) is 19.2 Å². The third kappa shape index (κ3) is 2.60. The molecular weight excluding hydrogens is 496 g/mol. The van der Waals surface area contributed by atoms with E-state index in [9.17, 15) is 49.8 Å². The van der Waals surface area contributed by atoms with Crippen LogP contribution >= 0.6 is 0 Å². The van der Waals surface area contributed by atoms with Crippen molar-refractivity contribution in [3.8, 4) is 45.6 Å². The lowest BCUT2D eigenvalue weighted by atomic mass is 9.78. The number of rotatable bonds is 1. The quantitative estimate of drug-likeness (QED) is 0.142. The number of hydrogen-bond acceptors (Lipinski definition) is 10. The van der Waals surface area contributed by atoms with Crippen molar-refractivity contribution in [3.05, 3.63) is 93.0 Å². The highest BCUT2D eigenvalue weighted by atomic mass is 16.3. The Kier molecular flexibility index (Phi) is 4.46. The average molecular weight is 510 g/mol. The van der Waals surface area contributed by atoms with E-state index >= 15 is 0 Å². The lowest BCUT2D eigenvalue weighted by Crippen LogP contribution is -2.22. The van der Waals surface area contributed by atoms with Crippen molar-refractivity contribution in [1.29, 1.82) is 0 Å². The Labute approximate surface area is 211 Å². The van der Waals surface area contributed by atoms with Crippen molar-refractivity contribution in [3.63, 3.8) is 0 Å². The minimum Gasteiger partial charge on any atom is -0.506 e. The summed E-state index contributed by atoms with van der Waals surface area (Å²) in [5.74, 6) is -10.6. The second-order valence-corrected chi connectivity index (χ2v) is 8.75. The summed E-state index contributed by atoms with van der Waals surface area (Å²) < 4.78 is 0. The fraction of sp³-hybridized carbons (Fsp3) is 0. The average Bonchev–Trinajstić information content (AvgIpc) is 2.91. The SMILES string of the molecule is O=C1c2ccccc2C(=O)c2c(O)c(-c3c(O)c(O)c4c(c3O)C(=O)c3ccccc3C4=O)c(O)c(O)c21. The molecular formula is C28H14O10. The monoisotopic (exact) mass is 510 g/mol. The van der Waals surface area contributed by atoms with E-state index in [4.69, 9.17) is 0 Å². The maximum absolute atomic E-state index is 13.2. The van der Waals surface area contributed by atoms with Crippen LogP contribution in [0.1, 0.15) is 63.7 Å². The highest BCUT2D eigenvalue weighted by Crippen LogP contribution is 2.58. The predicted molar refractivity (Wildman–Crippen MR) is 128 cm³/mol. The Hall–Kier alpha value is -5.64. The van der Waals surface area contributed by atoms with E-state index in [0.29, 0.717) is 0 Å². The van der Waals surface area contributed by atoms with E-state index in [0.717, 1.165) is 0 Å². The van der Waals surface area contributed by atoms with Crippen molar-refractivity contribution < 1.29 is 49.8 Å². The molecule has 0 atom stereocenters. The summed E-state index contributed by atoms with van der Waals surface area (Å²) in [5.41, 5.74) is -5.21. The molecule has 186 valence electrons. The van der Waals surface area contributed by atoms with Crippen LogP contribution in [0.25, 0.3) is 11.1 Å². The molecule has 10 nitrogen and oxygen atoms in total. The van der Waals surface area contributed by atoms with E-state index < -0.39 is 91.0 Å². The molecule has 2 aliphatic rings. The van der Waals surface area contributed by atoms with Crippen molar-refractivity contribution in [2.75, 3.05) is 0 Å². The third-order valence-corrected chi connectivity index (χ3v) is 6.83. The largest absolute Gasteiger partial charge is 0.506 e. The topological polar surface area (TPSA) is 190 Å². The number of ketones is 4. The van der Waals surface area contributed by atoms with Crippen LogP contribution in [0.15, 0.2) is 48.5 Å². The summed E-state index contributed by atoms with van der Waals surface area (Å²) >= 11 is 0. The Morgan fingerprint density at radius 2 is 0.526 bits per heavy atom. The molecule has 10 heteroatoms. The van der Waals surface area contributed by atoms with Crippen LogP contribution in [0.3, 0.4) is 0 Å². The summed E-state index contributed by atoms with van der Waals surface area (Å²) in [6.45, 7) is 0. The minimum atomic E-state index is -1.23. The van der Waals surface area contributed by atoms with E-state index in [1.54, 1.807) is 0 Å². The highest BCUT2D eigenvalue weighted by molar-refractivity contribution is 6.33. The molecule has 6 N–H and O–H groups in total. The predicted octanol–water partition coefficient (Wildman–Crippen LogP) is 3.14. The number of aromatic hydroxyl groups is 6. The van der Waals surface area contributed by atoms with Gasteiger partial charge in [0.25, 0.3) is 0 Å². The number of fused-ring (bicyclic) bond motifs is 4. The van der Waals surface area contributed by atoms with Crippen LogP contribution in [0.4, 0.5) is 0 Å². The van der Waals surface area contributed by atoms with E-state index in [2.05, 4.69) is 0 Å². The minimum absolute atomic E-state index is 0.0910. The van der Waals surface area contributed by atoms with Gasteiger partial charge in [-0.05, 0) is 0 Å². The molecule has 4 aromatic rings. The first-order valence-electron chi connectivity index (χ1n) is 11.1. The lowest BCUT2D eigenvalue weighted by Gasteiger charge is -2.25. The first-order valence-corrected chi connectivity index (χ1v) is 11.1. The molecule has 0 aromatic heterocycles. The zero-order valence-electron chi connectivity index (χ0n) is 18.9. The molecule has 0 amide bonds. The number of phenols is 6. The summed E-state index contributed by atoms with van der Waals surface area (Å²) in [5, 5.41) is 65.4. The van der Waals surface area contributed by atoms with Gasteiger partial charge in [0.15, 0.2) is 46.1 Å². The number of benzene rings is 4. The number of hydrogen-bond donors (Lipinski definition) is 6. The molecule has 4 aromatic carbocycles. The van der Waals surface area contributed by atoms with Gasteiger partial charge in [0.1, 0.15) is 11.5 Å². The summed E-state index contributed by atoms with van der Waals surface area (Å²) in [6, 6.07) is 11.1. The molecule has 6 rings (SSSR count). The van der Waals surface area contributed by atoms with Crippen LogP contribution in [0.5, 0.6) is 34.5 Å². The normalized spacial score (nSPS) is 13.6. The molecule has 0 saturated heterocycles.